The fourth-order valence-electron chi connectivity index (χ4n) is 1.95. The minimum atomic E-state index is -1.02. The van der Waals surface area contributed by atoms with Crippen LogP contribution >= 0.6 is 23.2 Å². The largest absolute Gasteiger partial charge is 0.291 e. The summed E-state index contributed by atoms with van der Waals surface area (Å²) in [5.41, 5.74) is 3.58. The minimum Gasteiger partial charge on any atom is -0.291 e. The van der Waals surface area contributed by atoms with E-state index in [2.05, 4.69) is 0 Å². The third kappa shape index (κ3) is 2.58. The molecule has 0 aliphatic rings. The molecule has 0 amide bonds. The topological polar surface area (TPSA) is 17.1 Å². The van der Waals surface area contributed by atoms with E-state index in [9.17, 15) is 4.79 Å². The Kier molecular flexibility index (Phi) is 4.05. The fraction of sp³-hybridized carbons (Fsp3) is 0.133. The molecule has 0 aromatic heterocycles. The van der Waals surface area contributed by atoms with Crippen molar-refractivity contribution >= 4 is 29.0 Å². The van der Waals surface area contributed by atoms with Crippen LogP contribution in [0.5, 0.6) is 0 Å². The first-order valence-corrected chi connectivity index (χ1v) is 6.46. The van der Waals surface area contributed by atoms with Crippen LogP contribution in [0.25, 0.3) is 11.1 Å². The molecule has 0 aliphatic carbocycles. The number of carbonyl (C=O) groups is 1. The average Bonchev–Trinajstić information content (AvgIpc) is 2.39. The number of benzene rings is 2. The van der Waals surface area contributed by atoms with Gasteiger partial charge in [-0.05, 0) is 23.6 Å². The highest BCUT2D eigenvalue weighted by Crippen LogP contribution is 2.27. The second-order valence-corrected chi connectivity index (χ2v) is 5.11. The van der Waals surface area contributed by atoms with Crippen molar-refractivity contribution in [1.29, 1.82) is 0 Å². The number of hydrogen-bond acceptors (Lipinski definition) is 1. The van der Waals surface area contributed by atoms with E-state index < -0.39 is 4.84 Å². The number of halogens is 2. The van der Waals surface area contributed by atoms with Gasteiger partial charge in [-0.1, -0.05) is 71.7 Å². The van der Waals surface area contributed by atoms with Gasteiger partial charge in [0.25, 0.3) is 0 Å². The van der Waals surface area contributed by atoms with Gasteiger partial charge in [-0.2, -0.15) is 0 Å². The summed E-state index contributed by atoms with van der Waals surface area (Å²) in [6.07, 6.45) is 0. The Morgan fingerprint density at radius 1 is 1.00 bits per heavy atom. The van der Waals surface area contributed by atoms with E-state index in [4.69, 9.17) is 23.2 Å². The van der Waals surface area contributed by atoms with Gasteiger partial charge >= 0.3 is 0 Å². The summed E-state index contributed by atoms with van der Waals surface area (Å²) in [6.45, 7) is 1.91. The van der Waals surface area contributed by atoms with E-state index in [0.717, 1.165) is 16.7 Å². The lowest BCUT2D eigenvalue weighted by molar-refractivity contribution is 0.101. The molecule has 1 nitrogen and oxygen atoms in total. The predicted octanol–water partition coefficient (Wildman–Crippen LogP) is 4.65. The van der Waals surface area contributed by atoms with Gasteiger partial charge in [0.05, 0.1) is 0 Å². The molecule has 2 aromatic rings. The normalized spacial score (nSPS) is 10.7. The molecule has 0 saturated heterocycles. The van der Waals surface area contributed by atoms with E-state index >= 15 is 0 Å². The van der Waals surface area contributed by atoms with Gasteiger partial charge in [-0.3, -0.25) is 4.79 Å². The Labute approximate surface area is 116 Å². The molecule has 18 heavy (non-hydrogen) atoms. The molecule has 2 rings (SSSR count). The van der Waals surface area contributed by atoms with Crippen LogP contribution in [0.3, 0.4) is 0 Å². The zero-order chi connectivity index (χ0) is 13.1. The van der Waals surface area contributed by atoms with Crippen LogP contribution in [0.15, 0.2) is 48.5 Å². The standard InChI is InChI=1S/C15H12Cl2O/c1-10-12(11-6-3-2-4-7-11)8-5-9-13(10)14(18)15(16)17/h2-9,15H,1H3. The zero-order valence-corrected chi connectivity index (χ0v) is 11.4. The average molecular weight is 279 g/mol. The molecule has 92 valence electrons. The van der Waals surface area contributed by atoms with Gasteiger partial charge in [0.1, 0.15) is 0 Å². The molecule has 3 heteroatoms. The fourth-order valence-corrected chi connectivity index (χ4v) is 2.19. The molecule has 0 atom stereocenters. The third-order valence-corrected chi connectivity index (χ3v) is 3.28. The maximum absolute atomic E-state index is 11.9. The Bertz CT molecular complexity index is 562. The molecule has 0 aliphatic heterocycles. The number of ketones is 1. The Morgan fingerprint density at radius 2 is 1.67 bits per heavy atom. The summed E-state index contributed by atoms with van der Waals surface area (Å²) in [6, 6.07) is 15.5. The van der Waals surface area contributed by atoms with Crippen LogP contribution in [-0.4, -0.2) is 10.6 Å². The molecule has 0 N–H and O–H groups in total. The van der Waals surface area contributed by atoms with Crippen molar-refractivity contribution < 1.29 is 4.79 Å². The highest BCUT2D eigenvalue weighted by molar-refractivity contribution is 6.55. The second kappa shape index (κ2) is 5.55. The maximum Gasteiger partial charge on any atom is 0.195 e. The third-order valence-electron chi connectivity index (χ3n) is 2.88. The van der Waals surface area contributed by atoms with Crippen LogP contribution < -0.4 is 0 Å². The molecular formula is C15H12Cl2O. The van der Waals surface area contributed by atoms with Crippen LogP contribution in [0.1, 0.15) is 15.9 Å². The molecule has 0 radical (unpaired) electrons. The van der Waals surface area contributed by atoms with Gasteiger partial charge in [-0.25, -0.2) is 0 Å². The monoisotopic (exact) mass is 278 g/mol. The van der Waals surface area contributed by atoms with Crippen LogP contribution in [0.2, 0.25) is 0 Å². The number of carbonyl (C=O) groups excluding carboxylic acids is 1. The lowest BCUT2D eigenvalue weighted by Crippen LogP contribution is -2.10. The van der Waals surface area contributed by atoms with Crippen LogP contribution in [0.4, 0.5) is 0 Å². The number of rotatable bonds is 3. The van der Waals surface area contributed by atoms with Crippen molar-refractivity contribution in [3.8, 4) is 11.1 Å². The summed E-state index contributed by atoms with van der Waals surface area (Å²) in [5, 5.41) is 0. The molecule has 0 spiro atoms. The van der Waals surface area contributed by atoms with Crippen molar-refractivity contribution in [3.63, 3.8) is 0 Å². The highest BCUT2D eigenvalue weighted by Gasteiger charge is 2.18. The van der Waals surface area contributed by atoms with Crippen LogP contribution in [-0.2, 0) is 0 Å². The number of alkyl halides is 2. The van der Waals surface area contributed by atoms with Gasteiger partial charge in [-0.15, -0.1) is 0 Å². The quantitative estimate of drug-likeness (QED) is 0.590. The highest BCUT2D eigenvalue weighted by atomic mass is 35.5. The predicted molar refractivity (Wildman–Crippen MR) is 76.4 cm³/mol. The first-order valence-electron chi connectivity index (χ1n) is 5.58. The zero-order valence-electron chi connectivity index (χ0n) is 9.86. The Morgan fingerprint density at radius 3 is 2.28 bits per heavy atom. The first-order chi connectivity index (χ1) is 8.61. The SMILES string of the molecule is Cc1c(C(=O)C(Cl)Cl)cccc1-c1ccccc1. The van der Waals surface area contributed by atoms with Gasteiger partial charge < -0.3 is 0 Å². The summed E-state index contributed by atoms with van der Waals surface area (Å²) in [4.78, 5) is 10.9. The number of Topliss-reactive ketones (excluding diaryl/α,β-unsaturated/α-hetero) is 1. The van der Waals surface area contributed by atoms with Crippen molar-refractivity contribution in [1.82, 2.24) is 0 Å². The van der Waals surface area contributed by atoms with Crippen molar-refractivity contribution in [2.24, 2.45) is 0 Å². The van der Waals surface area contributed by atoms with Crippen LogP contribution in [0, 0.1) is 6.92 Å². The van der Waals surface area contributed by atoms with Crippen molar-refractivity contribution in [2.45, 2.75) is 11.8 Å². The molecule has 2 aromatic carbocycles. The van der Waals surface area contributed by atoms with Crippen molar-refractivity contribution in [2.75, 3.05) is 0 Å². The van der Waals surface area contributed by atoms with E-state index in [-0.39, 0.29) is 5.78 Å². The van der Waals surface area contributed by atoms with E-state index in [1.54, 1.807) is 6.07 Å². The van der Waals surface area contributed by atoms with E-state index in [1.165, 1.54) is 0 Å². The van der Waals surface area contributed by atoms with Crippen molar-refractivity contribution in [3.05, 3.63) is 59.7 Å². The van der Waals surface area contributed by atoms with E-state index in [1.807, 2.05) is 49.4 Å². The molecule has 0 heterocycles. The summed E-state index contributed by atoms with van der Waals surface area (Å²) >= 11 is 11.3. The Balaban J connectivity index is 2.52. The molecular weight excluding hydrogens is 267 g/mol. The summed E-state index contributed by atoms with van der Waals surface area (Å²) in [5.74, 6) is -0.256. The smallest absolute Gasteiger partial charge is 0.195 e. The second-order valence-electron chi connectivity index (χ2n) is 4.01. The maximum atomic E-state index is 11.9. The molecule has 0 saturated carbocycles. The lowest BCUT2D eigenvalue weighted by Gasteiger charge is -2.11. The van der Waals surface area contributed by atoms with Gasteiger partial charge in [0.2, 0.25) is 0 Å². The molecule has 0 bridgehead atoms. The molecule has 0 unspecified atom stereocenters. The van der Waals surface area contributed by atoms with Gasteiger partial charge in [0, 0.05) is 5.56 Å². The van der Waals surface area contributed by atoms with Gasteiger partial charge in [0.15, 0.2) is 10.6 Å². The molecule has 0 fully saturated rings. The summed E-state index contributed by atoms with van der Waals surface area (Å²) < 4.78 is 0. The van der Waals surface area contributed by atoms with E-state index in [0.29, 0.717) is 5.56 Å². The lowest BCUT2D eigenvalue weighted by atomic mass is 9.95. The Hall–Kier alpha value is -1.31. The number of hydrogen-bond donors (Lipinski definition) is 0. The summed E-state index contributed by atoms with van der Waals surface area (Å²) in [7, 11) is 0. The minimum absolute atomic E-state index is 0.256. The first kappa shape index (κ1) is 13.1.